The lowest BCUT2D eigenvalue weighted by molar-refractivity contribution is 0.775. The number of rotatable bonds is 5. The molecule has 0 spiro atoms. The average molecular weight is 272 g/mol. The number of nitrogens with zero attached hydrogens (tertiary/aromatic N) is 3. The van der Waals surface area contributed by atoms with Crippen molar-refractivity contribution in [3.8, 4) is 0 Å². The summed E-state index contributed by atoms with van der Waals surface area (Å²) in [6, 6.07) is 2.05. The van der Waals surface area contributed by atoms with Gasteiger partial charge in [0.25, 0.3) is 0 Å². The van der Waals surface area contributed by atoms with Crippen molar-refractivity contribution in [2.75, 3.05) is 18.5 Å². The first kappa shape index (κ1) is 12.4. The minimum Gasteiger partial charge on any atom is -0.360 e. The highest BCUT2D eigenvalue weighted by Gasteiger charge is 2.05. The molecule has 1 unspecified atom stereocenters. The second kappa shape index (κ2) is 6.05. The third kappa shape index (κ3) is 4.16. The Labute approximate surface area is 100 Å². The topological polar surface area (TPSA) is 29.0 Å². The summed E-state index contributed by atoms with van der Waals surface area (Å²) in [5.41, 5.74) is 1.10. The number of halogens is 1. The first-order valence-corrected chi connectivity index (χ1v) is 6.21. The summed E-state index contributed by atoms with van der Waals surface area (Å²) in [5, 5.41) is 0. The van der Waals surface area contributed by atoms with Crippen LogP contribution < -0.4 is 4.90 Å². The average Bonchev–Trinajstić information content (AvgIpc) is 2.26. The maximum atomic E-state index is 4.26. The predicted molar refractivity (Wildman–Crippen MR) is 67.7 cm³/mol. The normalized spacial score (nSPS) is 12.5. The molecule has 0 aliphatic carbocycles. The molecule has 84 valence electrons. The molecule has 0 saturated carbocycles. The van der Waals surface area contributed by atoms with E-state index >= 15 is 0 Å². The minimum atomic E-state index is 0.549. The van der Waals surface area contributed by atoms with Crippen molar-refractivity contribution < 1.29 is 0 Å². The number of alkyl halides is 1. The number of hydrogen-bond donors (Lipinski definition) is 0. The lowest BCUT2D eigenvalue weighted by Gasteiger charge is -2.18. The third-order valence-corrected chi connectivity index (χ3v) is 2.78. The summed E-state index contributed by atoms with van der Waals surface area (Å²) in [6.07, 6.45) is 3.71. The van der Waals surface area contributed by atoms with E-state index in [1.165, 1.54) is 0 Å². The van der Waals surface area contributed by atoms with E-state index in [2.05, 4.69) is 57.8 Å². The van der Waals surface area contributed by atoms with Crippen molar-refractivity contribution in [3.63, 3.8) is 0 Å². The maximum absolute atomic E-state index is 4.26. The Hall–Kier alpha value is -0.640. The zero-order valence-electron chi connectivity index (χ0n) is 9.57. The van der Waals surface area contributed by atoms with Gasteiger partial charge < -0.3 is 4.90 Å². The molecule has 1 aromatic rings. The van der Waals surface area contributed by atoms with Crippen LogP contribution in [0.25, 0.3) is 0 Å². The Morgan fingerprint density at radius 1 is 1.47 bits per heavy atom. The standard InChI is InChI=1S/C11H18BrN3/c1-4-10-7-11(14-8-13-10)15(3)6-5-9(2)12/h7-9H,4-6H2,1-3H3. The first-order valence-electron chi connectivity index (χ1n) is 5.29. The molecule has 0 aliphatic heterocycles. The minimum absolute atomic E-state index is 0.549. The highest BCUT2D eigenvalue weighted by Crippen LogP contribution is 2.12. The summed E-state index contributed by atoms with van der Waals surface area (Å²) >= 11 is 3.54. The zero-order valence-corrected chi connectivity index (χ0v) is 11.2. The molecule has 3 nitrogen and oxygen atoms in total. The molecule has 1 rings (SSSR count). The van der Waals surface area contributed by atoms with Crippen molar-refractivity contribution in [2.24, 2.45) is 0 Å². The summed E-state index contributed by atoms with van der Waals surface area (Å²) in [7, 11) is 2.07. The summed E-state index contributed by atoms with van der Waals surface area (Å²) < 4.78 is 0. The van der Waals surface area contributed by atoms with Gasteiger partial charge in [-0.1, -0.05) is 29.8 Å². The molecule has 1 aromatic heterocycles. The highest BCUT2D eigenvalue weighted by molar-refractivity contribution is 9.09. The quantitative estimate of drug-likeness (QED) is 0.772. The molecule has 0 radical (unpaired) electrons. The van der Waals surface area contributed by atoms with Crippen LogP contribution in [0.4, 0.5) is 5.82 Å². The van der Waals surface area contributed by atoms with Gasteiger partial charge in [0.1, 0.15) is 12.1 Å². The molecule has 0 fully saturated rings. The molecular formula is C11H18BrN3. The van der Waals surface area contributed by atoms with E-state index in [9.17, 15) is 0 Å². The van der Waals surface area contributed by atoms with Gasteiger partial charge >= 0.3 is 0 Å². The number of anilines is 1. The van der Waals surface area contributed by atoms with E-state index in [0.717, 1.165) is 30.9 Å². The van der Waals surface area contributed by atoms with Gasteiger partial charge in [0.15, 0.2) is 0 Å². The monoisotopic (exact) mass is 271 g/mol. The van der Waals surface area contributed by atoms with E-state index < -0.39 is 0 Å². The molecule has 0 saturated heterocycles. The summed E-state index contributed by atoms with van der Waals surface area (Å²) in [4.78, 5) is 11.2. The van der Waals surface area contributed by atoms with E-state index in [4.69, 9.17) is 0 Å². The van der Waals surface area contributed by atoms with Crippen molar-refractivity contribution in [1.29, 1.82) is 0 Å². The molecule has 0 amide bonds. The molecule has 1 atom stereocenters. The van der Waals surface area contributed by atoms with E-state index in [1.807, 2.05) is 0 Å². The number of hydrogen-bond acceptors (Lipinski definition) is 3. The number of aryl methyl sites for hydroxylation is 1. The molecule has 1 heterocycles. The molecule has 0 aliphatic rings. The van der Waals surface area contributed by atoms with Crippen LogP contribution in [0.1, 0.15) is 26.0 Å². The van der Waals surface area contributed by atoms with Crippen LogP contribution in [0.3, 0.4) is 0 Å². The smallest absolute Gasteiger partial charge is 0.131 e. The molecule has 0 aromatic carbocycles. The second-order valence-electron chi connectivity index (χ2n) is 3.71. The van der Waals surface area contributed by atoms with E-state index in [0.29, 0.717) is 4.83 Å². The van der Waals surface area contributed by atoms with Gasteiger partial charge in [-0.15, -0.1) is 0 Å². The first-order chi connectivity index (χ1) is 7.13. The van der Waals surface area contributed by atoms with Crippen LogP contribution in [0, 0.1) is 0 Å². The van der Waals surface area contributed by atoms with Crippen LogP contribution >= 0.6 is 15.9 Å². The third-order valence-electron chi connectivity index (χ3n) is 2.32. The van der Waals surface area contributed by atoms with Crippen molar-refractivity contribution in [2.45, 2.75) is 31.5 Å². The Bertz CT molecular complexity index is 302. The van der Waals surface area contributed by atoms with Gasteiger partial charge in [-0.05, 0) is 12.8 Å². The Morgan fingerprint density at radius 2 is 2.20 bits per heavy atom. The molecular weight excluding hydrogens is 254 g/mol. The fourth-order valence-electron chi connectivity index (χ4n) is 1.27. The summed E-state index contributed by atoms with van der Waals surface area (Å²) in [6.45, 7) is 5.27. The van der Waals surface area contributed by atoms with Crippen molar-refractivity contribution in [3.05, 3.63) is 18.1 Å². The molecule has 15 heavy (non-hydrogen) atoms. The molecule has 4 heteroatoms. The lowest BCUT2D eigenvalue weighted by Crippen LogP contribution is -2.21. The SMILES string of the molecule is CCc1cc(N(C)CCC(C)Br)ncn1. The Kier molecular flexibility index (Phi) is 5.02. The fourth-order valence-corrected chi connectivity index (χ4v) is 1.48. The van der Waals surface area contributed by atoms with Crippen LogP contribution in [0.5, 0.6) is 0 Å². The van der Waals surface area contributed by atoms with Crippen molar-refractivity contribution in [1.82, 2.24) is 9.97 Å². The zero-order chi connectivity index (χ0) is 11.3. The van der Waals surface area contributed by atoms with E-state index in [1.54, 1.807) is 6.33 Å². The largest absolute Gasteiger partial charge is 0.360 e. The lowest BCUT2D eigenvalue weighted by atomic mass is 10.3. The van der Waals surface area contributed by atoms with Crippen LogP contribution in [-0.2, 0) is 6.42 Å². The summed E-state index contributed by atoms with van der Waals surface area (Å²) in [5.74, 6) is 1.01. The van der Waals surface area contributed by atoms with E-state index in [-0.39, 0.29) is 0 Å². The van der Waals surface area contributed by atoms with Crippen molar-refractivity contribution >= 4 is 21.7 Å². The second-order valence-corrected chi connectivity index (χ2v) is 5.28. The van der Waals surface area contributed by atoms with Gasteiger partial charge in [-0.2, -0.15) is 0 Å². The van der Waals surface area contributed by atoms with Crippen LogP contribution in [0.15, 0.2) is 12.4 Å². The predicted octanol–water partition coefficient (Wildman–Crippen LogP) is 2.65. The number of aromatic nitrogens is 2. The molecule has 0 bridgehead atoms. The van der Waals surface area contributed by atoms with Gasteiger partial charge in [0.05, 0.1) is 0 Å². The maximum Gasteiger partial charge on any atom is 0.131 e. The molecule has 0 N–H and O–H groups in total. The van der Waals surface area contributed by atoms with Crippen LogP contribution in [0.2, 0.25) is 0 Å². The Balaban J connectivity index is 2.60. The highest BCUT2D eigenvalue weighted by atomic mass is 79.9. The fraction of sp³-hybridized carbons (Fsp3) is 0.636. The van der Waals surface area contributed by atoms with Gasteiger partial charge in [0.2, 0.25) is 0 Å². The van der Waals surface area contributed by atoms with Crippen LogP contribution in [-0.4, -0.2) is 28.4 Å². The Morgan fingerprint density at radius 3 is 2.80 bits per heavy atom. The van der Waals surface area contributed by atoms with Gasteiger partial charge in [-0.25, -0.2) is 9.97 Å². The van der Waals surface area contributed by atoms with Gasteiger partial charge in [0, 0.05) is 30.2 Å². The van der Waals surface area contributed by atoms with Gasteiger partial charge in [-0.3, -0.25) is 0 Å².